The van der Waals surface area contributed by atoms with Crippen molar-refractivity contribution in [2.45, 2.75) is 34.2 Å². The van der Waals surface area contributed by atoms with Crippen LogP contribution in [0.1, 0.15) is 32.1 Å². The first-order chi connectivity index (χ1) is 10.0. The summed E-state index contributed by atoms with van der Waals surface area (Å²) < 4.78 is 5.29. The van der Waals surface area contributed by atoms with E-state index in [-0.39, 0.29) is 11.8 Å². The van der Waals surface area contributed by atoms with Crippen LogP contribution in [0.5, 0.6) is 0 Å². The van der Waals surface area contributed by atoms with Gasteiger partial charge in [0.05, 0.1) is 0 Å². The molecule has 2 rings (SSSR count). The Morgan fingerprint density at radius 1 is 1.24 bits per heavy atom. The van der Waals surface area contributed by atoms with Crippen LogP contribution in [0.15, 0.2) is 34.9 Å². The van der Waals surface area contributed by atoms with Crippen molar-refractivity contribution >= 4 is 5.91 Å². The van der Waals surface area contributed by atoms with Crippen LogP contribution in [0.3, 0.4) is 0 Å². The lowest BCUT2D eigenvalue weighted by molar-refractivity contribution is -0.125. The van der Waals surface area contributed by atoms with E-state index in [0.29, 0.717) is 12.5 Å². The summed E-state index contributed by atoms with van der Waals surface area (Å²) in [5, 5.41) is 7.10. The third-order valence-corrected chi connectivity index (χ3v) is 3.88. The molecular formula is C17H22N2O2. The highest BCUT2D eigenvalue weighted by atomic mass is 16.5. The van der Waals surface area contributed by atoms with Gasteiger partial charge >= 0.3 is 0 Å². The lowest BCUT2D eigenvalue weighted by Crippen LogP contribution is -2.31. The van der Waals surface area contributed by atoms with Crippen molar-refractivity contribution in [2.24, 2.45) is 11.8 Å². The number of hydrogen-bond acceptors (Lipinski definition) is 3. The topological polar surface area (TPSA) is 55.1 Å². The molecule has 2 aromatic rings. The van der Waals surface area contributed by atoms with Crippen molar-refractivity contribution in [1.82, 2.24) is 10.5 Å². The average Bonchev–Trinajstić information content (AvgIpc) is 2.85. The molecule has 1 N–H and O–H groups in total. The first kappa shape index (κ1) is 15.3. The maximum absolute atomic E-state index is 12.1. The van der Waals surface area contributed by atoms with Crippen LogP contribution >= 0.6 is 0 Å². The van der Waals surface area contributed by atoms with Gasteiger partial charge in [-0.2, -0.15) is 0 Å². The number of rotatable bonds is 5. The van der Waals surface area contributed by atoms with E-state index in [1.807, 2.05) is 58.0 Å². The number of carbonyl (C=O) groups excluding carboxylic acids is 1. The summed E-state index contributed by atoms with van der Waals surface area (Å²) in [4.78, 5) is 12.1. The van der Waals surface area contributed by atoms with Crippen molar-refractivity contribution in [3.8, 4) is 11.3 Å². The van der Waals surface area contributed by atoms with Crippen molar-refractivity contribution in [3.05, 3.63) is 41.7 Å². The van der Waals surface area contributed by atoms with Gasteiger partial charge in [-0.05, 0) is 12.8 Å². The molecule has 1 atom stereocenters. The largest absolute Gasteiger partial charge is 0.361 e. The minimum atomic E-state index is -0.00894. The third-order valence-electron chi connectivity index (χ3n) is 3.88. The Kier molecular flexibility index (Phi) is 4.78. The Hall–Kier alpha value is -2.10. The second-order valence-electron chi connectivity index (χ2n) is 5.68. The molecule has 0 saturated carbocycles. The SMILES string of the molecule is Cc1onc(-c2ccccc2)c1CNC(=O)C(C)C(C)C. The van der Waals surface area contributed by atoms with Gasteiger partial charge in [0, 0.05) is 23.6 Å². The van der Waals surface area contributed by atoms with E-state index < -0.39 is 0 Å². The van der Waals surface area contributed by atoms with Gasteiger partial charge in [-0.1, -0.05) is 56.3 Å². The standard InChI is InChI=1S/C17H22N2O2/c1-11(2)12(3)17(20)18-10-15-13(4)21-19-16(15)14-8-6-5-7-9-14/h5-9,11-12H,10H2,1-4H3,(H,18,20). The number of aromatic nitrogens is 1. The van der Waals surface area contributed by atoms with Crippen molar-refractivity contribution in [2.75, 3.05) is 0 Å². The van der Waals surface area contributed by atoms with E-state index in [0.717, 1.165) is 22.6 Å². The average molecular weight is 286 g/mol. The lowest BCUT2D eigenvalue weighted by Gasteiger charge is -2.15. The molecule has 0 aliphatic heterocycles. The van der Waals surface area contributed by atoms with Crippen LogP contribution in [-0.4, -0.2) is 11.1 Å². The molecule has 4 heteroatoms. The van der Waals surface area contributed by atoms with Gasteiger partial charge in [-0.3, -0.25) is 4.79 Å². The lowest BCUT2D eigenvalue weighted by atomic mass is 9.97. The van der Waals surface area contributed by atoms with E-state index in [9.17, 15) is 4.79 Å². The van der Waals surface area contributed by atoms with Crippen molar-refractivity contribution in [1.29, 1.82) is 0 Å². The molecule has 1 heterocycles. The van der Waals surface area contributed by atoms with Crippen LogP contribution in [0.2, 0.25) is 0 Å². The normalized spacial score (nSPS) is 12.4. The summed E-state index contributed by atoms with van der Waals surface area (Å²) in [5.41, 5.74) is 2.73. The molecule has 0 radical (unpaired) electrons. The number of nitrogens with one attached hydrogen (secondary N) is 1. The summed E-state index contributed by atoms with van der Waals surface area (Å²) in [7, 11) is 0. The molecule has 0 bridgehead atoms. The molecule has 0 aliphatic rings. The second-order valence-corrected chi connectivity index (χ2v) is 5.68. The fourth-order valence-electron chi connectivity index (χ4n) is 2.06. The van der Waals surface area contributed by atoms with E-state index >= 15 is 0 Å². The molecule has 1 aromatic heterocycles. The van der Waals surface area contributed by atoms with Gasteiger partial charge in [-0.25, -0.2) is 0 Å². The molecule has 1 amide bonds. The number of amides is 1. The van der Waals surface area contributed by atoms with Crippen LogP contribution < -0.4 is 5.32 Å². The Labute approximate surface area is 125 Å². The predicted octanol–water partition coefficient (Wildman–Crippen LogP) is 3.56. The number of carbonyl (C=O) groups is 1. The summed E-state index contributed by atoms with van der Waals surface area (Å²) in [6, 6.07) is 9.85. The van der Waals surface area contributed by atoms with E-state index in [2.05, 4.69) is 10.5 Å². The van der Waals surface area contributed by atoms with E-state index in [1.54, 1.807) is 0 Å². The summed E-state index contributed by atoms with van der Waals surface area (Å²) in [6.45, 7) is 8.34. The maximum Gasteiger partial charge on any atom is 0.223 e. The minimum Gasteiger partial charge on any atom is -0.361 e. The van der Waals surface area contributed by atoms with Gasteiger partial charge in [0.2, 0.25) is 5.91 Å². The fourth-order valence-corrected chi connectivity index (χ4v) is 2.06. The summed E-state index contributed by atoms with van der Waals surface area (Å²) in [6.07, 6.45) is 0. The van der Waals surface area contributed by atoms with Crippen LogP contribution in [0.4, 0.5) is 0 Å². The van der Waals surface area contributed by atoms with E-state index in [1.165, 1.54) is 0 Å². The molecule has 1 unspecified atom stereocenters. The summed E-state index contributed by atoms with van der Waals surface area (Å²) in [5.74, 6) is 1.11. The van der Waals surface area contributed by atoms with Gasteiger partial charge in [0.25, 0.3) is 0 Å². The highest BCUT2D eigenvalue weighted by Crippen LogP contribution is 2.25. The number of aryl methyl sites for hydroxylation is 1. The number of nitrogens with zero attached hydrogens (tertiary/aromatic N) is 1. The quantitative estimate of drug-likeness (QED) is 0.914. The van der Waals surface area contributed by atoms with Gasteiger partial charge in [0.15, 0.2) is 0 Å². The number of hydrogen-bond donors (Lipinski definition) is 1. The highest BCUT2D eigenvalue weighted by Gasteiger charge is 2.19. The van der Waals surface area contributed by atoms with Crippen LogP contribution in [0.25, 0.3) is 11.3 Å². The number of benzene rings is 1. The fraction of sp³-hybridized carbons (Fsp3) is 0.412. The zero-order valence-corrected chi connectivity index (χ0v) is 13.0. The minimum absolute atomic E-state index is 0.00894. The Bertz CT molecular complexity index is 603. The van der Waals surface area contributed by atoms with E-state index in [4.69, 9.17) is 4.52 Å². The first-order valence-electron chi connectivity index (χ1n) is 7.29. The second kappa shape index (κ2) is 6.57. The van der Waals surface area contributed by atoms with Crippen molar-refractivity contribution in [3.63, 3.8) is 0 Å². The molecule has 21 heavy (non-hydrogen) atoms. The zero-order valence-electron chi connectivity index (χ0n) is 13.0. The maximum atomic E-state index is 12.1. The summed E-state index contributed by atoms with van der Waals surface area (Å²) >= 11 is 0. The van der Waals surface area contributed by atoms with Gasteiger partial charge in [-0.15, -0.1) is 0 Å². The van der Waals surface area contributed by atoms with Crippen LogP contribution in [-0.2, 0) is 11.3 Å². The molecule has 0 fully saturated rings. The molecule has 4 nitrogen and oxygen atoms in total. The molecule has 112 valence electrons. The molecule has 1 aromatic carbocycles. The zero-order chi connectivity index (χ0) is 15.4. The third kappa shape index (κ3) is 3.51. The molecule has 0 aliphatic carbocycles. The predicted molar refractivity (Wildman–Crippen MR) is 82.5 cm³/mol. The first-order valence-corrected chi connectivity index (χ1v) is 7.29. The Morgan fingerprint density at radius 2 is 1.90 bits per heavy atom. The Balaban J connectivity index is 2.14. The van der Waals surface area contributed by atoms with Gasteiger partial charge in [0.1, 0.15) is 11.5 Å². The van der Waals surface area contributed by atoms with Crippen molar-refractivity contribution < 1.29 is 9.32 Å². The molecule has 0 spiro atoms. The smallest absolute Gasteiger partial charge is 0.223 e. The van der Waals surface area contributed by atoms with Gasteiger partial charge < -0.3 is 9.84 Å². The monoisotopic (exact) mass is 286 g/mol. The molecule has 0 saturated heterocycles. The highest BCUT2D eigenvalue weighted by molar-refractivity contribution is 5.78. The molecular weight excluding hydrogens is 264 g/mol. The van der Waals surface area contributed by atoms with Crippen LogP contribution in [0, 0.1) is 18.8 Å². The Morgan fingerprint density at radius 3 is 2.52 bits per heavy atom.